The van der Waals surface area contributed by atoms with Crippen LogP contribution in [0.1, 0.15) is 31.8 Å². The first kappa shape index (κ1) is 20.0. The Morgan fingerprint density at radius 3 is 2.47 bits per heavy atom. The first-order valence-electron chi connectivity index (χ1n) is 9.17. The van der Waals surface area contributed by atoms with E-state index in [9.17, 15) is 14.0 Å². The van der Waals surface area contributed by atoms with Crippen molar-refractivity contribution in [1.29, 1.82) is 0 Å². The van der Waals surface area contributed by atoms with Crippen molar-refractivity contribution in [3.63, 3.8) is 0 Å². The van der Waals surface area contributed by atoms with Crippen LogP contribution in [0.25, 0.3) is 6.08 Å². The molecule has 4 rings (SSSR count). The molecule has 1 heterocycles. The van der Waals surface area contributed by atoms with E-state index >= 15 is 0 Å². The van der Waals surface area contributed by atoms with Gasteiger partial charge in [-0.25, -0.2) is 4.39 Å². The maximum Gasteiger partial charge on any atom is 0.231 e. The Bertz CT molecular complexity index is 1170. The van der Waals surface area contributed by atoms with E-state index in [2.05, 4.69) is 15.9 Å². The lowest BCUT2D eigenvalue weighted by Crippen LogP contribution is -2.12. The molecule has 0 atom stereocenters. The van der Waals surface area contributed by atoms with E-state index < -0.39 is 0 Å². The third-order valence-electron chi connectivity index (χ3n) is 4.73. The van der Waals surface area contributed by atoms with Crippen LogP contribution in [0.5, 0.6) is 11.5 Å². The third-order valence-corrected chi connectivity index (χ3v) is 5.26. The van der Waals surface area contributed by atoms with Crippen LogP contribution >= 0.6 is 15.9 Å². The fourth-order valence-electron chi connectivity index (χ4n) is 3.10. The second-order valence-electron chi connectivity index (χ2n) is 6.78. The number of ketones is 2. The normalized spacial score (nSPS) is 13.8. The van der Waals surface area contributed by atoms with Crippen molar-refractivity contribution in [2.75, 3.05) is 6.61 Å². The maximum atomic E-state index is 13.1. The Morgan fingerprint density at radius 2 is 1.77 bits per heavy atom. The molecule has 0 saturated heterocycles. The molecule has 0 spiro atoms. The Hall–Kier alpha value is -3.25. The summed E-state index contributed by atoms with van der Waals surface area (Å²) in [6.07, 6.45) is 1.57. The summed E-state index contributed by atoms with van der Waals surface area (Å²) in [4.78, 5) is 25.0. The van der Waals surface area contributed by atoms with Gasteiger partial charge in [0.05, 0.1) is 5.56 Å². The van der Waals surface area contributed by atoms with Gasteiger partial charge in [0, 0.05) is 15.6 Å². The minimum absolute atomic E-state index is 0.131. The average Bonchev–Trinajstić information content (AvgIpc) is 3.06. The molecule has 4 nitrogen and oxygen atoms in total. The lowest BCUT2D eigenvalue weighted by molar-refractivity contribution is 0.0920. The van der Waals surface area contributed by atoms with E-state index in [0.29, 0.717) is 33.8 Å². The summed E-state index contributed by atoms with van der Waals surface area (Å²) < 4.78 is 25.4. The zero-order valence-electron chi connectivity index (χ0n) is 15.9. The molecule has 30 heavy (non-hydrogen) atoms. The van der Waals surface area contributed by atoms with Crippen LogP contribution in [-0.4, -0.2) is 18.2 Å². The number of allylic oxidation sites excluding steroid dienone is 1. The van der Waals surface area contributed by atoms with E-state index in [4.69, 9.17) is 9.47 Å². The number of carbonyl (C=O) groups is 2. The number of ether oxygens (including phenoxy) is 2. The quantitative estimate of drug-likeness (QED) is 0.353. The molecule has 0 radical (unpaired) electrons. The minimum Gasteiger partial charge on any atom is -0.485 e. The molecule has 1 aliphatic heterocycles. The molecule has 0 unspecified atom stereocenters. The summed E-state index contributed by atoms with van der Waals surface area (Å²) in [7, 11) is 0. The second-order valence-corrected chi connectivity index (χ2v) is 7.69. The number of halogens is 2. The Labute approximate surface area is 181 Å². The van der Waals surface area contributed by atoms with Gasteiger partial charge in [0.15, 0.2) is 18.1 Å². The van der Waals surface area contributed by atoms with E-state index in [1.165, 1.54) is 12.1 Å². The molecule has 0 fully saturated rings. The van der Waals surface area contributed by atoms with Crippen LogP contribution in [0.15, 0.2) is 70.9 Å². The standard InChI is InChI=1S/C24H16BrFO4/c1-14-21(29-13-20(27)16-4-6-17(25)7-5-16)11-10-19-23(28)22(30-24(14)19)12-15-2-8-18(26)9-3-15/h2-12H,13H2,1H3/b22-12-. The Balaban J connectivity index is 1.52. The summed E-state index contributed by atoms with van der Waals surface area (Å²) >= 11 is 3.34. The van der Waals surface area contributed by atoms with Gasteiger partial charge in [-0.15, -0.1) is 0 Å². The predicted octanol–water partition coefficient (Wildman–Crippen LogP) is 5.77. The first-order valence-corrected chi connectivity index (χ1v) is 9.96. The summed E-state index contributed by atoms with van der Waals surface area (Å²) in [5.74, 6) is 0.264. The summed E-state index contributed by atoms with van der Waals surface area (Å²) in [6.45, 7) is 1.64. The minimum atomic E-state index is -0.352. The van der Waals surface area contributed by atoms with Crippen LogP contribution in [0.4, 0.5) is 4.39 Å². The third kappa shape index (κ3) is 4.04. The van der Waals surface area contributed by atoms with Crippen molar-refractivity contribution in [1.82, 2.24) is 0 Å². The number of rotatable bonds is 5. The van der Waals surface area contributed by atoms with Gasteiger partial charge in [0.1, 0.15) is 17.3 Å². The highest BCUT2D eigenvalue weighted by atomic mass is 79.9. The largest absolute Gasteiger partial charge is 0.485 e. The number of Topliss-reactive ketones (excluding diaryl/α,β-unsaturated/α-hetero) is 2. The smallest absolute Gasteiger partial charge is 0.231 e. The zero-order valence-corrected chi connectivity index (χ0v) is 17.5. The summed E-state index contributed by atoms with van der Waals surface area (Å²) in [5, 5.41) is 0. The first-order chi connectivity index (χ1) is 14.4. The predicted molar refractivity (Wildman–Crippen MR) is 114 cm³/mol. The van der Waals surface area contributed by atoms with Crippen LogP contribution in [0.2, 0.25) is 0 Å². The molecule has 6 heteroatoms. The van der Waals surface area contributed by atoms with E-state index in [1.54, 1.807) is 61.5 Å². The number of fused-ring (bicyclic) bond motifs is 1. The molecule has 0 N–H and O–H groups in total. The van der Waals surface area contributed by atoms with Crippen molar-refractivity contribution in [3.05, 3.63) is 99.0 Å². The highest BCUT2D eigenvalue weighted by molar-refractivity contribution is 9.10. The zero-order chi connectivity index (χ0) is 21.3. The molecule has 3 aromatic rings. The SMILES string of the molecule is Cc1c(OCC(=O)c2ccc(Br)cc2)ccc2c1O/C(=C\c1ccc(F)cc1)C2=O. The van der Waals surface area contributed by atoms with Crippen LogP contribution < -0.4 is 9.47 Å². The van der Waals surface area contributed by atoms with E-state index in [1.807, 2.05) is 0 Å². The molecule has 0 bridgehead atoms. The highest BCUT2D eigenvalue weighted by Crippen LogP contribution is 2.39. The lowest BCUT2D eigenvalue weighted by atomic mass is 10.1. The van der Waals surface area contributed by atoms with Gasteiger partial charge in [-0.1, -0.05) is 40.2 Å². The molecule has 0 amide bonds. The van der Waals surface area contributed by atoms with Gasteiger partial charge in [-0.2, -0.15) is 0 Å². The number of benzene rings is 3. The topological polar surface area (TPSA) is 52.6 Å². The molecule has 0 saturated carbocycles. The van der Waals surface area contributed by atoms with Crippen LogP contribution in [0, 0.1) is 12.7 Å². The summed E-state index contributed by atoms with van der Waals surface area (Å²) in [5.41, 5.74) is 2.26. The van der Waals surface area contributed by atoms with Crippen molar-refractivity contribution in [3.8, 4) is 11.5 Å². The van der Waals surface area contributed by atoms with Crippen molar-refractivity contribution in [2.24, 2.45) is 0 Å². The van der Waals surface area contributed by atoms with Crippen LogP contribution in [-0.2, 0) is 0 Å². The number of hydrogen-bond donors (Lipinski definition) is 0. The Morgan fingerprint density at radius 1 is 1.07 bits per heavy atom. The van der Waals surface area contributed by atoms with E-state index in [-0.39, 0.29) is 29.7 Å². The van der Waals surface area contributed by atoms with Crippen molar-refractivity contribution < 1.29 is 23.5 Å². The number of hydrogen-bond acceptors (Lipinski definition) is 4. The van der Waals surface area contributed by atoms with Crippen LogP contribution in [0.3, 0.4) is 0 Å². The fraction of sp³-hybridized carbons (Fsp3) is 0.0833. The molecule has 150 valence electrons. The molecular formula is C24H16BrFO4. The monoisotopic (exact) mass is 466 g/mol. The second kappa shape index (κ2) is 8.24. The van der Waals surface area contributed by atoms with Gasteiger partial charge in [0.25, 0.3) is 0 Å². The number of carbonyl (C=O) groups excluding carboxylic acids is 2. The van der Waals surface area contributed by atoms with Gasteiger partial charge in [-0.05, 0) is 55.0 Å². The average molecular weight is 467 g/mol. The molecule has 0 aliphatic carbocycles. The van der Waals surface area contributed by atoms with Crippen molar-refractivity contribution in [2.45, 2.75) is 6.92 Å². The summed E-state index contributed by atoms with van der Waals surface area (Å²) in [6, 6.07) is 16.1. The lowest BCUT2D eigenvalue weighted by Gasteiger charge is -2.11. The molecule has 1 aliphatic rings. The molecule has 3 aromatic carbocycles. The van der Waals surface area contributed by atoms with Gasteiger partial charge < -0.3 is 9.47 Å². The van der Waals surface area contributed by atoms with E-state index in [0.717, 1.165) is 4.47 Å². The molecular weight excluding hydrogens is 451 g/mol. The van der Waals surface area contributed by atoms with Crippen molar-refractivity contribution >= 4 is 33.6 Å². The fourth-order valence-corrected chi connectivity index (χ4v) is 3.36. The van der Waals surface area contributed by atoms with Gasteiger partial charge in [0.2, 0.25) is 5.78 Å². The Kier molecular flexibility index (Phi) is 5.50. The highest BCUT2D eigenvalue weighted by Gasteiger charge is 2.30. The van der Waals surface area contributed by atoms with Gasteiger partial charge in [-0.3, -0.25) is 9.59 Å². The maximum absolute atomic E-state index is 13.1. The molecule has 0 aromatic heterocycles. The van der Waals surface area contributed by atoms with Gasteiger partial charge >= 0.3 is 0 Å².